The monoisotopic (exact) mass is 415 g/mol. The van der Waals surface area contributed by atoms with Crippen LogP contribution in [0.1, 0.15) is 5.56 Å². The van der Waals surface area contributed by atoms with Gasteiger partial charge in [-0.3, -0.25) is 5.32 Å². The molecule has 3 aromatic carbocycles. The van der Waals surface area contributed by atoms with Crippen molar-refractivity contribution in [3.05, 3.63) is 88.6 Å². The van der Waals surface area contributed by atoms with Crippen molar-refractivity contribution in [1.29, 1.82) is 0 Å². The van der Waals surface area contributed by atoms with Gasteiger partial charge in [-0.15, -0.1) is 0 Å². The van der Waals surface area contributed by atoms with E-state index in [0.29, 0.717) is 21.7 Å². The van der Waals surface area contributed by atoms with Crippen molar-refractivity contribution in [2.75, 3.05) is 5.32 Å². The molecule has 0 spiro atoms. The highest BCUT2D eigenvalue weighted by atomic mass is 79.9. The van der Waals surface area contributed by atoms with Gasteiger partial charge in [0.2, 0.25) is 0 Å². The van der Waals surface area contributed by atoms with Crippen molar-refractivity contribution in [3.63, 3.8) is 0 Å². The molecule has 0 bridgehead atoms. The normalized spacial score (nSPS) is 10.2. The number of hydrogen-bond acceptors (Lipinski definition) is 3. The van der Waals surface area contributed by atoms with Gasteiger partial charge in [0.05, 0.1) is 4.47 Å². The van der Waals surface area contributed by atoms with Gasteiger partial charge in [0, 0.05) is 11.8 Å². The van der Waals surface area contributed by atoms with E-state index in [-0.39, 0.29) is 12.4 Å². The van der Waals surface area contributed by atoms with Gasteiger partial charge < -0.3 is 9.47 Å². The molecule has 1 N–H and O–H groups in total. The number of rotatable bonds is 5. The SMILES string of the molecule is O=C(Nc1ccc(Oc2cccc(F)c2)c(Br)c1)OCc1ccccc1. The smallest absolute Gasteiger partial charge is 0.411 e. The Labute approximate surface area is 158 Å². The number of carbonyl (C=O) groups excluding carboxylic acids is 1. The molecule has 3 aromatic rings. The van der Waals surface area contributed by atoms with Crippen LogP contribution < -0.4 is 10.1 Å². The molecule has 0 aliphatic rings. The molecule has 0 radical (unpaired) electrons. The van der Waals surface area contributed by atoms with Crippen LogP contribution in [0, 0.1) is 5.82 Å². The average Bonchev–Trinajstić information content (AvgIpc) is 2.63. The maximum atomic E-state index is 13.2. The van der Waals surface area contributed by atoms with Crippen LogP contribution in [0.5, 0.6) is 11.5 Å². The van der Waals surface area contributed by atoms with Crippen molar-refractivity contribution in [3.8, 4) is 11.5 Å². The van der Waals surface area contributed by atoms with E-state index in [1.165, 1.54) is 12.1 Å². The Balaban J connectivity index is 1.59. The zero-order valence-electron chi connectivity index (χ0n) is 13.6. The Morgan fingerprint density at radius 1 is 1.00 bits per heavy atom. The van der Waals surface area contributed by atoms with Crippen LogP contribution in [-0.2, 0) is 11.3 Å². The number of halogens is 2. The number of ether oxygens (including phenoxy) is 2. The largest absolute Gasteiger partial charge is 0.456 e. The predicted molar refractivity (Wildman–Crippen MR) is 101 cm³/mol. The Hall–Kier alpha value is -2.86. The number of carbonyl (C=O) groups is 1. The van der Waals surface area contributed by atoms with Crippen LogP contribution >= 0.6 is 15.9 Å². The molecule has 0 aliphatic heterocycles. The average molecular weight is 416 g/mol. The van der Waals surface area contributed by atoms with E-state index in [1.807, 2.05) is 30.3 Å². The maximum Gasteiger partial charge on any atom is 0.411 e. The summed E-state index contributed by atoms with van der Waals surface area (Å²) >= 11 is 3.38. The molecule has 0 fully saturated rings. The highest BCUT2D eigenvalue weighted by Gasteiger charge is 2.08. The molecule has 3 rings (SSSR count). The second kappa shape index (κ2) is 8.49. The summed E-state index contributed by atoms with van der Waals surface area (Å²) in [6, 6.07) is 20.3. The lowest BCUT2D eigenvalue weighted by Gasteiger charge is -2.11. The molecule has 0 saturated carbocycles. The number of nitrogens with one attached hydrogen (secondary N) is 1. The molecule has 132 valence electrons. The zero-order valence-corrected chi connectivity index (χ0v) is 15.2. The van der Waals surface area contributed by atoms with Gasteiger partial charge in [-0.05, 0) is 51.8 Å². The van der Waals surface area contributed by atoms with Crippen molar-refractivity contribution in [2.45, 2.75) is 6.61 Å². The molecular formula is C20H15BrFNO3. The van der Waals surface area contributed by atoms with Crippen molar-refractivity contribution < 1.29 is 18.7 Å². The van der Waals surface area contributed by atoms with Crippen LogP contribution in [0.2, 0.25) is 0 Å². The third kappa shape index (κ3) is 5.07. The summed E-state index contributed by atoms with van der Waals surface area (Å²) in [5, 5.41) is 2.65. The van der Waals surface area contributed by atoms with Crippen molar-refractivity contribution >= 4 is 27.7 Å². The van der Waals surface area contributed by atoms with Crippen LogP contribution in [-0.4, -0.2) is 6.09 Å². The van der Waals surface area contributed by atoms with Gasteiger partial charge in [-0.25, -0.2) is 9.18 Å². The number of benzene rings is 3. The summed E-state index contributed by atoms with van der Waals surface area (Å²) in [6.07, 6.45) is -0.556. The molecule has 0 aliphatic carbocycles. The minimum Gasteiger partial charge on any atom is -0.456 e. The molecule has 0 unspecified atom stereocenters. The highest BCUT2D eigenvalue weighted by molar-refractivity contribution is 9.10. The van der Waals surface area contributed by atoms with Crippen LogP contribution in [0.3, 0.4) is 0 Å². The van der Waals surface area contributed by atoms with Gasteiger partial charge in [-0.2, -0.15) is 0 Å². The summed E-state index contributed by atoms with van der Waals surface area (Å²) in [4.78, 5) is 11.9. The Bertz CT molecular complexity index is 903. The first-order chi connectivity index (χ1) is 12.6. The lowest BCUT2D eigenvalue weighted by Crippen LogP contribution is -2.13. The van der Waals surface area contributed by atoms with E-state index in [0.717, 1.165) is 5.56 Å². The summed E-state index contributed by atoms with van der Waals surface area (Å²) in [6.45, 7) is 0.189. The maximum absolute atomic E-state index is 13.2. The third-order valence-corrected chi connectivity index (χ3v) is 4.03. The van der Waals surface area contributed by atoms with E-state index in [1.54, 1.807) is 30.3 Å². The Morgan fingerprint density at radius 3 is 2.54 bits per heavy atom. The quantitative estimate of drug-likeness (QED) is 0.545. The second-order valence-electron chi connectivity index (χ2n) is 5.39. The predicted octanol–water partition coefficient (Wildman–Crippen LogP) is 6.13. The molecule has 0 aromatic heterocycles. The Kier molecular flexibility index (Phi) is 5.86. The van der Waals surface area contributed by atoms with Crippen LogP contribution in [0.15, 0.2) is 77.3 Å². The summed E-state index contributed by atoms with van der Waals surface area (Å²) in [5.74, 6) is 0.505. The van der Waals surface area contributed by atoms with Crippen molar-refractivity contribution in [1.82, 2.24) is 0 Å². The first-order valence-corrected chi connectivity index (χ1v) is 8.60. The van der Waals surface area contributed by atoms with E-state index in [9.17, 15) is 9.18 Å². The second-order valence-corrected chi connectivity index (χ2v) is 6.25. The third-order valence-electron chi connectivity index (χ3n) is 3.41. The number of hydrogen-bond donors (Lipinski definition) is 1. The van der Waals surface area contributed by atoms with Crippen LogP contribution in [0.4, 0.5) is 14.9 Å². The molecular weight excluding hydrogens is 401 g/mol. The number of amides is 1. The summed E-state index contributed by atoms with van der Waals surface area (Å²) in [5.41, 5.74) is 1.45. The molecule has 0 atom stereocenters. The molecule has 1 amide bonds. The topological polar surface area (TPSA) is 47.6 Å². The van der Waals surface area contributed by atoms with Gasteiger partial charge >= 0.3 is 6.09 Å². The molecule has 0 heterocycles. The molecule has 4 nitrogen and oxygen atoms in total. The van der Waals surface area contributed by atoms with E-state index < -0.39 is 6.09 Å². The van der Waals surface area contributed by atoms with Gasteiger partial charge in [0.1, 0.15) is 23.9 Å². The van der Waals surface area contributed by atoms with E-state index >= 15 is 0 Å². The first-order valence-electron chi connectivity index (χ1n) is 7.81. The van der Waals surface area contributed by atoms with Gasteiger partial charge in [0.25, 0.3) is 0 Å². The molecule has 0 saturated heterocycles. The van der Waals surface area contributed by atoms with Crippen LogP contribution in [0.25, 0.3) is 0 Å². The first kappa shape index (κ1) is 17.9. The standard InChI is InChI=1S/C20H15BrFNO3/c21-18-12-16(23-20(24)25-13-14-5-2-1-3-6-14)9-10-19(18)26-17-8-4-7-15(22)11-17/h1-12H,13H2,(H,23,24). The minimum atomic E-state index is -0.556. The van der Waals surface area contributed by atoms with Gasteiger partial charge in [-0.1, -0.05) is 36.4 Å². The highest BCUT2D eigenvalue weighted by Crippen LogP contribution is 2.32. The van der Waals surface area contributed by atoms with E-state index in [2.05, 4.69) is 21.2 Å². The minimum absolute atomic E-state index is 0.189. The molecule has 6 heteroatoms. The lowest BCUT2D eigenvalue weighted by atomic mass is 10.2. The fraction of sp³-hybridized carbons (Fsp3) is 0.0500. The Morgan fingerprint density at radius 2 is 1.81 bits per heavy atom. The summed E-state index contributed by atoms with van der Waals surface area (Å²) in [7, 11) is 0. The summed E-state index contributed by atoms with van der Waals surface area (Å²) < 4.78 is 24.6. The fourth-order valence-electron chi connectivity index (χ4n) is 2.20. The fourth-order valence-corrected chi connectivity index (χ4v) is 2.66. The lowest BCUT2D eigenvalue weighted by molar-refractivity contribution is 0.155. The molecule has 26 heavy (non-hydrogen) atoms. The number of anilines is 1. The van der Waals surface area contributed by atoms with Crippen molar-refractivity contribution in [2.24, 2.45) is 0 Å². The van der Waals surface area contributed by atoms with Gasteiger partial charge in [0.15, 0.2) is 0 Å². The zero-order chi connectivity index (χ0) is 18.4. The van der Waals surface area contributed by atoms with E-state index in [4.69, 9.17) is 9.47 Å².